The first-order valence-electron chi connectivity index (χ1n) is 5.63. The molecule has 0 atom stereocenters. The average Bonchev–Trinajstić information content (AvgIpc) is 2.26. The van der Waals surface area contributed by atoms with Crippen LogP contribution in [0.2, 0.25) is 0 Å². The molecular weight excluding hydrogens is 230 g/mol. The Hall–Kier alpha value is 0.260. The lowest BCUT2D eigenvalue weighted by molar-refractivity contribution is 0.454. The topological polar surface area (TPSA) is 46.2 Å². The number of nitrogens with one attached hydrogen (secondary N) is 1. The van der Waals surface area contributed by atoms with E-state index < -0.39 is 9.84 Å². The second-order valence-corrected chi connectivity index (χ2v) is 7.69. The maximum atomic E-state index is 11.2. The predicted molar refractivity (Wildman–Crippen MR) is 67.2 cm³/mol. The highest BCUT2D eigenvalue weighted by molar-refractivity contribution is 7.99. The van der Waals surface area contributed by atoms with Crippen LogP contribution in [-0.4, -0.2) is 44.5 Å². The van der Waals surface area contributed by atoms with Crippen LogP contribution in [0.3, 0.4) is 0 Å². The smallest absolute Gasteiger partial charge is 0.151 e. The van der Waals surface area contributed by atoms with E-state index in [0.29, 0.717) is 6.54 Å². The van der Waals surface area contributed by atoms with Crippen LogP contribution in [0.1, 0.15) is 19.8 Å². The molecule has 0 saturated carbocycles. The van der Waals surface area contributed by atoms with Crippen molar-refractivity contribution in [1.82, 2.24) is 5.32 Å². The van der Waals surface area contributed by atoms with E-state index in [9.17, 15) is 8.42 Å². The SMILES string of the molecule is CCS(=O)(=O)CCNCC1CCSCC1. The average molecular weight is 251 g/mol. The van der Waals surface area contributed by atoms with Gasteiger partial charge in [-0.25, -0.2) is 8.42 Å². The molecule has 0 aromatic rings. The molecule has 3 nitrogen and oxygen atoms in total. The lowest BCUT2D eigenvalue weighted by atomic mass is 10.0. The first kappa shape index (κ1) is 13.3. The van der Waals surface area contributed by atoms with E-state index in [2.05, 4.69) is 5.32 Å². The van der Waals surface area contributed by atoms with Crippen LogP contribution in [0.25, 0.3) is 0 Å². The third-order valence-electron chi connectivity index (χ3n) is 2.80. The quantitative estimate of drug-likeness (QED) is 0.720. The molecule has 90 valence electrons. The Kier molecular flexibility index (Phi) is 6.00. The largest absolute Gasteiger partial charge is 0.315 e. The summed E-state index contributed by atoms with van der Waals surface area (Å²) in [6.45, 7) is 3.30. The molecular formula is C10H21NO2S2. The van der Waals surface area contributed by atoms with E-state index in [1.54, 1.807) is 6.92 Å². The van der Waals surface area contributed by atoms with Gasteiger partial charge in [-0.15, -0.1) is 0 Å². The van der Waals surface area contributed by atoms with Crippen molar-refractivity contribution in [1.29, 1.82) is 0 Å². The van der Waals surface area contributed by atoms with E-state index in [0.717, 1.165) is 12.5 Å². The van der Waals surface area contributed by atoms with Crippen LogP contribution in [0.5, 0.6) is 0 Å². The highest BCUT2D eigenvalue weighted by Gasteiger charge is 2.13. The van der Waals surface area contributed by atoms with Gasteiger partial charge in [0.2, 0.25) is 0 Å². The number of hydrogen-bond donors (Lipinski definition) is 1. The fourth-order valence-corrected chi connectivity index (χ4v) is 3.58. The third-order valence-corrected chi connectivity index (χ3v) is 5.56. The van der Waals surface area contributed by atoms with Crippen molar-refractivity contribution in [3.05, 3.63) is 0 Å². The predicted octanol–water partition coefficient (Wildman–Crippen LogP) is 1.15. The molecule has 5 heteroatoms. The van der Waals surface area contributed by atoms with Crippen molar-refractivity contribution >= 4 is 21.6 Å². The summed E-state index contributed by atoms with van der Waals surface area (Å²) in [5, 5.41) is 3.26. The van der Waals surface area contributed by atoms with Crippen LogP contribution in [0.4, 0.5) is 0 Å². The lowest BCUT2D eigenvalue weighted by Gasteiger charge is -2.21. The summed E-state index contributed by atoms with van der Waals surface area (Å²) in [6, 6.07) is 0. The lowest BCUT2D eigenvalue weighted by Crippen LogP contribution is -2.30. The van der Waals surface area contributed by atoms with Crippen molar-refractivity contribution in [3.8, 4) is 0 Å². The summed E-state index contributed by atoms with van der Waals surface area (Å²) >= 11 is 2.02. The maximum absolute atomic E-state index is 11.2. The number of rotatable bonds is 6. The Balaban J connectivity index is 2.06. The summed E-state index contributed by atoms with van der Waals surface area (Å²) in [5.41, 5.74) is 0. The summed E-state index contributed by atoms with van der Waals surface area (Å²) < 4.78 is 22.4. The van der Waals surface area contributed by atoms with Crippen LogP contribution >= 0.6 is 11.8 Å². The van der Waals surface area contributed by atoms with Crippen molar-refractivity contribution < 1.29 is 8.42 Å². The minimum atomic E-state index is -2.79. The van der Waals surface area contributed by atoms with Crippen molar-refractivity contribution in [2.24, 2.45) is 5.92 Å². The van der Waals surface area contributed by atoms with E-state index >= 15 is 0 Å². The Labute approximate surface area is 97.3 Å². The molecule has 0 spiro atoms. The molecule has 1 aliphatic heterocycles. The Bertz CT molecular complexity index is 259. The van der Waals surface area contributed by atoms with Crippen molar-refractivity contribution in [3.63, 3.8) is 0 Å². The molecule has 0 radical (unpaired) electrons. The normalized spacial score (nSPS) is 19.3. The standard InChI is InChI=1S/C10H21NO2S2/c1-2-15(12,13)8-5-11-9-10-3-6-14-7-4-10/h10-11H,2-9H2,1H3. The van der Waals surface area contributed by atoms with Crippen LogP contribution in [0, 0.1) is 5.92 Å². The highest BCUT2D eigenvalue weighted by Crippen LogP contribution is 2.21. The van der Waals surface area contributed by atoms with Gasteiger partial charge in [0, 0.05) is 12.3 Å². The van der Waals surface area contributed by atoms with Gasteiger partial charge in [0.15, 0.2) is 9.84 Å². The number of hydrogen-bond acceptors (Lipinski definition) is 4. The Morgan fingerprint density at radius 3 is 2.60 bits per heavy atom. The summed E-state index contributed by atoms with van der Waals surface area (Å²) in [6.07, 6.45) is 2.55. The molecule has 1 saturated heterocycles. The van der Waals surface area contributed by atoms with Crippen LogP contribution in [-0.2, 0) is 9.84 Å². The van der Waals surface area contributed by atoms with E-state index in [1.807, 2.05) is 11.8 Å². The summed E-state index contributed by atoms with van der Waals surface area (Å²) in [7, 11) is -2.79. The molecule has 1 heterocycles. The Morgan fingerprint density at radius 1 is 1.33 bits per heavy atom. The zero-order chi connectivity index (χ0) is 11.1. The van der Waals surface area contributed by atoms with Gasteiger partial charge in [0.1, 0.15) is 0 Å². The molecule has 0 aliphatic carbocycles. The van der Waals surface area contributed by atoms with Crippen LogP contribution < -0.4 is 5.32 Å². The maximum Gasteiger partial charge on any atom is 0.151 e. The van der Waals surface area contributed by atoms with Crippen LogP contribution in [0.15, 0.2) is 0 Å². The third kappa shape index (κ3) is 5.78. The van der Waals surface area contributed by atoms with Gasteiger partial charge in [-0.05, 0) is 36.8 Å². The van der Waals surface area contributed by atoms with Gasteiger partial charge < -0.3 is 5.32 Å². The zero-order valence-corrected chi connectivity index (χ0v) is 11.0. The van der Waals surface area contributed by atoms with Crippen molar-refractivity contribution in [2.45, 2.75) is 19.8 Å². The molecule has 1 N–H and O–H groups in total. The highest BCUT2D eigenvalue weighted by atomic mass is 32.2. The molecule has 1 aliphatic rings. The molecule has 0 unspecified atom stereocenters. The second kappa shape index (κ2) is 6.76. The minimum absolute atomic E-state index is 0.259. The molecule has 0 bridgehead atoms. The zero-order valence-electron chi connectivity index (χ0n) is 9.37. The molecule has 0 aromatic carbocycles. The fraction of sp³-hybridized carbons (Fsp3) is 1.00. The Morgan fingerprint density at radius 2 is 2.00 bits per heavy atom. The monoisotopic (exact) mass is 251 g/mol. The first-order chi connectivity index (χ1) is 7.14. The van der Waals surface area contributed by atoms with Crippen molar-refractivity contribution in [2.75, 3.05) is 36.1 Å². The van der Waals surface area contributed by atoms with E-state index in [-0.39, 0.29) is 11.5 Å². The molecule has 0 amide bonds. The van der Waals surface area contributed by atoms with Gasteiger partial charge in [0.25, 0.3) is 0 Å². The molecule has 1 rings (SSSR count). The first-order valence-corrected chi connectivity index (χ1v) is 8.60. The summed E-state index contributed by atoms with van der Waals surface area (Å²) in [4.78, 5) is 0. The molecule has 1 fully saturated rings. The van der Waals surface area contributed by atoms with Gasteiger partial charge in [0.05, 0.1) is 5.75 Å². The van der Waals surface area contributed by atoms with Gasteiger partial charge in [-0.2, -0.15) is 11.8 Å². The van der Waals surface area contributed by atoms with E-state index in [4.69, 9.17) is 0 Å². The van der Waals surface area contributed by atoms with Gasteiger partial charge in [-0.1, -0.05) is 6.92 Å². The van der Waals surface area contributed by atoms with E-state index in [1.165, 1.54) is 24.3 Å². The van der Waals surface area contributed by atoms with Gasteiger partial charge >= 0.3 is 0 Å². The minimum Gasteiger partial charge on any atom is -0.315 e. The number of thioether (sulfide) groups is 1. The van der Waals surface area contributed by atoms with Gasteiger partial charge in [-0.3, -0.25) is 0 Å². The number of sulfone groups is 1. The molecule has 15 heavy (non-hydrogen) atoms. The summed E-state index contributed by atoms with van der Waals surface area (Å²) in [5.74, 6) is 3.83. The molecule has 0 aromatic heterocycles. The fourth-order valence-electron chi connectivity index (χ4n) is 1.63. The second-order valence-electron chi connectivity index (χ2n) is 4.00.